The number of aromatic nitrogens is 1. The third-order valence-electron chi connectivity index (χ3n) is 7.42. The van der Waals surface area contributed by atoms with Crippen molar-refractivity contribution in [3.63, 3.8) is 0 Å². The highest BCUT2D eigenvalue weighted by Crippen LogP contribution is 2.52. The second-order valence-corrected chi connectivity index (χ2v) is 12.2. The summed E-state index contributed by atoms with van der Waals surface area (Å²) in [6.45, 7) is 1.58. The van der Waals surface area contributed by atoms with Gasteiger partial charge in [-0.05, 0) is 31.4 Å². The summed E-state index contributed by atoms with van der Waals surface area (Å²) in [6, 6.07) is -1.29. The predicted molar refractivity (Wildman–Crippen MR) is 136 cm³/mol. The maximum Gasteiger partial charge on any atom is 0.573 e. The van der Waals surface area contributed by atoms with Crippen molar-refractivity contribution < 1.29 is 72.8 Å². The van der Waals surface area contributed by atoms with Crippen LogP contribution in [0.15, 0.2) is 18.2 Å². The molecule has 2 aromatic rings. The number of carbonyl (C=O) groups excluding carboxylic acids is 2. The summed E-state index contributed by atoms with van der Waals surface area (Å²) >= 11 is 0.196. The maximum atomic E-state index is 14.1. The number of halogens is 11. The van der Waals surface area contributed by atoms with E-state index in [4.69, 9.17) is 0 Å². The monoisotopic (exact) mass is 699 g/mol. The van der Waals surface area contributed by atoms with Crippen LogP contribution in [0.5, 0.6) is 5.75 Å². The number of piperidine rings is 1. The molecule has 4 rings (SSSR count). The molecule has 0 bridgehead atoms. The number of amides is 2. The molecule has 256 valence electrons. The van der Waals surface area contributed by atoms with Crippen LogP contribution in [0.2, 0.25) is 0 Å². The van der Waals surface area contributed by atoms with Crippen LogP contribution in [0.4, 0.5) is 48.3 Å². The number of likely N-dealkylation sites (tertiary alicyclic amines) is 2. The molecule has 0 saturated carbocycles. The van der Waals surface area contributed by atoms with Crippen LogP contribution in [0.1, 0.15) is 52.5 Å². The first-order chi connectivity index (χ1) is 20.8. The Morgan fingerprint density at radius 2 is 1.61 bits per heavy atom. The molecule has 2 saturated heterocycles. The number of alkyl halides is 11. The van der Waals surface area contributed by atoms with E-state index < -0.39 is 99.6 Å². The van der Waals surface area contributed by atoms with E-state index in [9.17, 15) is 68.1 Å². The number of rotatable bonds is 5. The summed E-state index contributed by atoms with van der Waals surface area (Å²) < 4.78 is 154. The van der Waals surface area contributed by atoms with E-state index in [0.29, 0.717) is 11.3 Å². The molecule has 2 N–H and O–H groups in total. The zero-order chi connectivity index (χ0) is 34.8. The van der Waals surface area contributed by atoms with E-state index in [1.807, 2.05) is 0 Å². The Morgan fingerprint density at radius 3 is 2.11 bits per heavy atom. The molecule has 46 heavy (non-hydrogen) atoms. The summed E-state index contributed by atoms with van der Waals surface area (Å²) in [7, 11) is 0. The number of ether oxygens (including phenoxy) is 1. The zero-order valence-corrected chi connectivity index (χ0v) is 24.3. The van der Waals surface area contributed by atoms with Gasteiger partial charge in [-0.2, -0.15) is 26.3 Å². The molecule has 1 aromatic carbocycles. The summed E-state index contributed by atoms with van der Waals surface area (Å²) in [4.78, 5) is 31.7. The minimum Gasteiger partial charge on any atom is -0.405 e. The van der Waals surface area contributed by atoms with E-state index in [1.165, 1.54) is 6.92 Å². The van der Waals surface area contributed by atoms with Crippen LogP contribution in [0, 0.1) is 5.92 Å². The zero-order valence-electron chi connectivity index (χ0n) is 23.5. The second kappa shape index (κ2) is 11.8. The Hall–Kier alpha value is -3.26. The van der Waals surface area contributed by atoms with Gasteiger partial charge in [0, 0.05) is 36.7 Å². The Kier molecular flexibility index (Phi) is 9.10. The number of benzene rings is 1. The molecule has 2 amide bonds. The Balaban J connectivity index is 1.93. The van der Waals surface area contributed by atoms with Crippen molar-refractivity contribution >= 4 is 23.2 Å². The molecule has 0 spiro atoms. The highest BCUT2D eigenvalue weighted by Gasteiger charge is 2.71. The Morgan fingerprint density at radius 1 is 1.00 bits per heavy atom. The van der Waals surface area contributed by atoms with Crippen LogP contribution in [0.3, 0.4) is 0 Å². The SMILES string of the molecule is C[C@@H]1C[C@H](O)CN(C(=O)c2nc(C(=O)N3CC(F)(F)C[C@@H]3C)c(-c3ccc(C(O)(C(F)(F)F)C(F)(F)F)cc3OC(F)(F)F)s2)C1. The van der Waals surface area contributed by atoms with Crippen molar-refractivity contribution in [1.82, 2.24) is 14.8 Å². The van der Waals surface area contributed by atoms with Crippen LogP contribution in [-0.2, 0) is 5.60 Å². The standard InChI is InChI=1S/C26H24F11N3O5S/c1-11-5-14(41)9-39(8-11)21(43)19-38-17(20(42)40-10-22(27,28)7-12(40)2)18(46-19)15-4-3-13(6-16(15)45-26(35,36)37)23(44,24(29,30)31)25(32,33)34/h3-4,6,11-12,14,41,44H,5,7-10H2,1-2H3/t11-,12+,14+/m1/s1. The van der Waals surface area contributed by atoms with Gasteiger partial charge in [0.05, 0.1) is 17.5 Å². The van der Waals surface area contributed by atoms with Crippen LogP contribution >= 0.6 is 11.3 Å². The van der Waals surface area contributed by atoms with Gasteiger partial charge in [-0.1, -0.05) is 13.0 Å². The normalized spacial score (nSPS) is 22.7. The van der Waals surface area contributed by atoms with E-state index in [2.05, 4.69) is 9.72 Å². The minimum atomic E-state index is -6.49. The Bertz CT molecular complexity index is 1470. The molecule has 20 heteroatoms. The third kappa shape index (κ3) is 6.87. The first-order valence-corrected chi connectivity index (χ1v) is 14.1. The largest absolute Gasteiger partial charge is 0.573 e. The first kappa shape index (κ1) is 35.6. The highest BCUT2D eigenvalue weighted by atomic mass is 32.1. The lowest BCUT2D eigenvalue weighted by Gasteiger charge is -2.33. The van der Waals surface area contributed by atoms with Gasteiger partial charge in [0.1, 0.15) is 11.4 Å². The molecule has 2 aliphatic rings. The number of carbonyl (C=O) groups is 2. The molecule has 0 aliphatic carbocycles. The van der Waals surface area contributed by atoms with Crippen molar-refractivity contribution in [1.29, 1.82) is 0 Å². The van der Waals surface area contributed by atoms with Crippen molar-refractivity contribution in [3.05, 3.63) is 34.5 Å². The second-order valence-electron chi connectivity index (χ2n) is 11.2. The number of β-amino-alcohol motifs (C(OH)–C–C–N with tert-alkyl or cyclic N) is 1. The van der Waals surface area contributed by atoms with Crippen molar-refractivity contribution in [2.24, 2.45) is 5.92 Å². The van der Waals surface area contributed by atoms with Crippen molar-refractivity contribution in [3.8, 4) is 16.2 Å². The van der Waals surface area contributed by atoms with Gasteiger partial charge in [0.15, 0.2) is 5.01 Å². The number of hydrogen-bond donors (Lipinski definition) is 2. The van der Waals surface area contributed by atoms with Gasteiger partial charge < -0.3 is 24.7 Å². The lowest BCUT2D eigenvalue weighted by molar-refractivity contribution is -0.376. The average Bonchev–Trinajstić information content (AvgIpc) is 3.44. The number of aliphatic hydroxyl groups excluding tert-OH is 1. The minimum absolute atomic E-state index is 0.00960. The fourth-order valence-corrected chi connectivity index (χ4v) is 6.47. The topological polar surface area (TPSA) is 103 Å². The highest BCUT2D eigenvalue weighted by molar-refractivity contribution is 7.17. The molecule has 0 unspecified atom stereocenters. The summed E-state index contributed by atoms with van der Waals surface area (Å²) in [5, 5.41) is 19.3. The van der Waals surface area contributed by atoms with Crippen LogP contribution in [0.25, 0.3) is 10.4 Å². The van der Waals surface area contributed by atoms with Crippen molar-refractivity contribution in [2.45, 2.75) is 69.1 Å². The maximum absolute atomic E-state index is 14.1. The van der Waals surface area contributed by atoms with E-state index in [1.54, 1.807) is 6.92 Å². The van der Waals surface area contributed by atoms with Gasteiger partial charge in [-0.15, -0.1) is 24.5 Å². The third-order valence-corrected chi connectivity index (χ3v) is 8.49. The lowest BCUT2D eigenvalue weighted by Crippen LogP contribution is -2.53. The molecule has 0 radical (unpaired) electrons. The number of nitrogens with zero attached hydrogens (tertiary/aromatic N) is 3. The predicted octanol–water partition coefficient (Wildman–Crippen LogP) is 5.73. The van der Waals surface area contributed by atoms with Crippen LogP contribution < -0.4 is 4.74 Å². The Labute approximate surface area is 256 Å². The number of thiazole rings is 1. The molecule has 2 aliphatic heterocycles. The summed E-state index contributed by atoms with van der Waals surface area (Å²) in [5.41, 5.74) is -9.70. The smallest absolute Gasteiger partial charge is 0.405 e. The van der Waals surface area contributed by atoms with Crippen LogP contribution in [-0.4, -0.2) is 93.2 Å². The number of aliphatic hydroxyl groups is 2. The molecule has 2 fully saturated rings. The average molecular weight is 700 g/mol. The first-order valence-electron chi connectivity index (χ1n) is 13.3. The van der Waals surface area contributed by atoms with E-state index in [0.717, 1.165) is 4.90 Å². The molecule has 1 aromatic heterocycles. The molecule has 8 nitrogen and oxygen atoms in total. The summed E-state index contributed by atoms with van der Waals surface area (Å²) in [6.07, 6.45) is -20.2. The molecule has 3 heterocycles. The summed E-state index contributed by atoms with van der Waals surface area (Å²) in [5.74, 6) is -7.66. The number of hydrogen-bond acceptors (Lipinski definition) is 7. The van der Waals surface area contributed by atoms with Gasteiger partial charge in [0.2, 0.25) is 0 Å². The molecular formula is C26H24F11N3O5S. The fraction of sp³-hybridized carbons (Fsp3) is 0.577. The van der Waals surface area contributed by atoms with Gasteiger partial charge in [-0.3, -0.25) is 9.59 Å². The van der Waals surface area contributed by atoms with Crippen molar-refractivity contribution in [2.75, 3.05) is 19.6 Å². The van der Waals surface area contributed by atoms with E-state index >= 15 is 0 Å². The van der Waals surface area contributed by atoms with Gasteiger partial charge in [-0.25, -0.2) is 13.8 Å². The molecule has 3 atom stereocenters. The lowest BCUT2D eigenvalue weighted by atomic mass is 9.90. The molecular weight excluding hydrogens is 675 g/mol. The quantitative estimate of drug-likeness (QED) is 0.387. The van der Waals surface area contributed by atoms with Gasteiger partial charge in [0.25, 0.3) is 23.3 Å². The van der Waals surface area contributed by atoms with E-state index in [-0.39, 0.29) is 48.5 Å². The van der Waals surface area contributed by atoms with Gasteiger partial charge >= 0.3 is 18.7 Å². The fourth-order valence-electron chi connectivity index (χ4n) is 5.41.